The summed E-state index contributed by atoms with van der Waals surface area (Å²) in [6.07, 6.45) is 3.04. The molecule has 0 aliphatic carbocycles. The van der Waals surface area contributed by atoms with Crippen LogP contribution in [0.25, 0.3) is 0 Å². The lowest BCUT2D eigenvalue weighted by atomic mass is 10.1. The van der Waals surface area contributed by atoms with Gasteiger partial charge in [0.1, 0.15) is 6.07 Å². The maximum Gasteiger partial charge on any atom is 0.161 e. The molecule has 1 aromatic carbocycles. The fraction of sp³-hybridized carbons (Fsp3) is 0.462. The summed E-state index contributed by atoms with van der Waals surface area (Å²) in [6.45, 7) is 2.56. The van der Waals surface area contributed by atoms with Gasteiger partial charge in [0.25, 0.3) is 0 Å². The Morgan fingerprint density at radius 1 is 1.56 bits per heavy atom. The van der Waals surface area contributed by atoms with Gasteiger partial charge in [0.05, 0.1) is 15.7 Å². The quantitative estimate of drug-likeness (QED) is 0.846. The Bertz CT molecular complexity index is 443. The number of nitrogens with two attached hydrogens (primary N) is 1. The lowest BCUT2D eigenvalue weighted by Crippen LogP contribution is -2.29. The monoisotopic (exact) mass is 313 g/mol. The van der Waals surface area contributed by atoms with Gasteiger partial charge in [-0.05, 0) is 34.5 Å². The predicted octanol–water partition coefficient (Wildman–Crippen LogP) is 3.39. The number of unbranched alkanes of at least 4 members (excludes halogenated alkanes) is 1. The van der Waals surface area contributed by atoms with E-state index < -0.39 is 5.82 Å². The van der Waals surface area contributed by atoms with Crippen molar-refractivity contribution in [1.29, 1.82) is 5.26 Å². The topological polar surface area (TPSA) is 61.8 Å². The highest BCUT2D eigenvalue weighted by Crippen LogP contribution is 2.27. The van der Waals surface area contributed by atoms with Crippen molar-refractivity contribution in [1.82, 2.24) is 0 Å². The molecule has 0 amide bonds. The van der Waals surface area contributed by atoms with Crippen molar-refractivity contribution in [2.24, 2.45) is 5.73 Å². The Hall–Kier alpha value is -1.12. The van der Waals surface area contributed by atoms with Crippen LogP contribution in [0, 0.1) is 17.1 Å². The van der Waals surface area contributed by atoms with E-state index in [1.807, 2.05) is 6.07 Å². The lowest BCUT2D eigenvalue weighted by molar-refractivity contribution is 0.593. The number of anilines is 1. The minimum Gasteiger partial charge on any atom is -0.379 e. The summed E-state index contributed by atoms with van der Waals surface area (Å²) in [7, 11) is 0. The molecule has 1 aromatic rings. The van der Waals surface area contributed by atoms with Gasteiger partial charge in [-0.2, -0.15) is 5.26 Å². The van der Waals surface area contributed by atoms with Crippen LogP contribution in [-0.4, -0.2) is 12.6 Å². The second-order valence-corrected chi connectivity index (χ2v) is 4.91. The standard InChI is InChI=1S/C13H17BrFN3/c1-2-3-4-10(8-17)18-11-6-5-9(7-16)12(14)13(11)15/h5-6,10,18H,2-4,8,17H2,1H3. The first-order chi connectivity index (χ1) is 8.63. The number of nitriles is 1. The van der Waals surface area contributed by atoms with Crippen molar-refractivity contribution in [2.45, 2.75) is 32.2 Å². The van der Waals surface area contributed by atoms with Crippen LogP contribution in [0.3, 0.4) is 0 Å². The maximum absolute atomic E-state index is 14.0. The molecule has 1 rings (SSSR count). The van der Waals surface area contributed by atoms with Gasteiger partial charge in [0.15, 0.2) is 5.82 Å². The Morgan fingerprint density at radius 3 is 2.83 bits per heavy atom. The highest BCUT2D eigenvalue weighted by molar-refractivity contribution is 9.10. The third kappa shape index (κ3) is 3.69. The number of halogens is 2. The van der Waals surface area contributed by atoms with Crippen molar-refractivity contribution in [3.8, 4) is 6.07 Å². The highest BCUT2D eigenvalue weighted by atomic mass is 79.9. The smallest absolute Gasteiger partial charge is 0.161 e. The molecule has 3 N–H and O–H groups in total. The van der Waals surface area contributed by atoms with Crippen LogP contribution >= 0.6 is 15.9 Å². The number of hydrogen-bond donors (Lipinski definition) is 2. The molecular weight excluding hydrogens is 297 g/mol. The average Bonchev–Trinajstić information content (AvgIpc) is 2.39. The van der Waals surface area contributed by atoms with Gasteiger partial charge >= 0.3 is 0 Å². The SMILES string of the molecule is CCCCC(CN)Nc1ccc(C#N)c(Br)c1F. The summed E-state index contributed by atoms with van der Waals surface area (Å²) in [5, 5.41) is 11.9. The zero-order chi connectivity index (χ0) is 13.5. The number of nitrogens with zero attached hydrogens (tertiary/aromatic N) is 1. The van der Waals surface area contributed by atoms with E-state index in [1.165, 1.54) is 0 Å². The molecule has 98 valence electrons. The maximum atomic E-state index is 14.0. The van der Waals surface area contributed by atoms with Gasteiger partial charge in [-0.25, -0.2) is 4.39 Å². The minimum atomic E-state index is -0.441. The van der Waals surface area contributed by atoms with Gasteiger partial charge in [0, 0.05) is 12.6 Å². The van der Waals surface area contributed by atoms with Crippen LogP contribution in [-0.2, 0) is 0 Å². The molecule has 0 aromatic heterocycles. The first kappa shape index (κ1) is 14.9. The molecule has 0 bridgehead atoms. The fourth-order valence-corrected chi connectivity index (χ4v) is 2.10. The normalized spacial score (nSPS) is 11.9. The van der Waals surface area contributed by atoms with E-state index in [0.717, 1.165) is 19.3 Å². The van der Waals surface area contributed by atoms with E-state index in [-0.39, 0.29) is 16.1 Å². The second-order valence-electron chi connectivity index (χ2n) is 4.12. The number of rotatable bonds is 6. The first-order valence-electron chi connectivity index (χ1n) is 5.98. The third-order valence-corrected chi connectivity index (χ3v) is 3.53. The van der Waals surface area contributed by atoms with E-state index in [2.05, 4.69) is 28.2 Å². The minimum absolute atomic E-state index is 0.0549. The van der Waals surface area contributed by atoms with E-state index in [9.17, 15) is 4.39 Å². The van der Waals surface area contributed by atoms with Crippen molar-refractivity contribution in [3.05, 3.63) is 28.0 Å². The van der Waals surface area contributed by atoms with Gasteiger partial charge in [-0.1, -0.05) is 19.8 Å². The highest BCUT2D eigenvalue weighted by Gasteiger charge is 2.13. The molecule has 1 unspecified atom stereocenters. The second kappa shape index (κ2) is 7.34. The van der Waals surface area contributed by atoms with Crippen LogP contribution in [0.2, 0.25) is 0 Å². The van der Waals surface area contributed by atoms with Gasteiger partial charge in [-0.3, -0.25) is 0 Å². The largest absolute Gasteiger partial charge is 0.379 e. The summed E-state index contributed by atoms with van der Waals surface area (Å²) in [5.74, 6) is -0.441. The molecule has 0 spiro atoms. The van der Waals surface area contributed by atoms with Crippen molar-refractivity contribution < 1.29 is 4.39 Å². The Kier molecular flexibility index (Phi) is 6.10. The Balaban J connectivity index is 2.84. The molecule has 1 atom stereocenters. The summed E-state index contributed by atoms with van der Waals surface area (Å²) in [5.41, 5.74) is 6.33. The number of hydrogen-bond acceptors (Lipinski definition) is 3. The molecule has 0 fully saturated rings. The summed E-state index contributed by atoms with van der Waals surface area (Å²) < 4.78 is 14.2. The number of nitrogens with one attached hydrogen (secondary N) is 1. The molecule has 0 radical (unpaired) electrons. The molecule has 0 heterocycles. The molecule has 3 nitrogen and oxygen atoms in total. The van der Waals surface area contributed by atoms with Crippen molar-refractivity contribution >= 4 is 21.6 Å². The molecular formula is C13H17BrFN3. The average molecular weight is 314 g/mol. The molecule has 18 heavy (non-hydrogen) atoms. The van der Waals surface area contributed by atoms with E-state index in [1.54, 1.807) is 12.1 Å². The van der Waals surface area contributed by atoms with Crippen molar-refractivity contribution in [2.75, 3.05) is 11.9 Å². The summed E-state index contributed by atoms with van der Waals surface area (Å²) >= 11 is 3.09. The van der Waals surface area contributed by atoms with E-state index >= 15 is 0 Å². The zero-order valence-electron chi connectivity index (χ0n) is 10.3. The zero-order valence-corrected chi connectivity index (χ0v) is 11.9. The first-order valence-corrected chi connectivity index (χ1v) is 6.78. The molecule has 0 aliphatic rings. The predicted molar refractivity (Wildman–Crippen MR) is 74.8 cm³/mol. The lowest BCUT2D eigenvalue weighted by Gasteiger charge is -2.18. The van der Waals surface area contributed by atoms with E-state index in [4.69, 9.17) is 11.0 Å². The van der Waals surface area contributed by atoms with Crippen LogP contribution in [0.4, 0.5) is 10.1 Å². The van der Waals surface area contributed by atoms with Gasteiger partial charge < -0.3 is 11.1 Å². The molecule has 0 saturated carbocycles. The van der Waals surface area contributed by atoms with Crippen LogP contribution in [0.5, 0.6) is 0 Å². The molecule has 0 saturated heterocycles. The molecule has 5 heteroatoms. The summed E-state index contributed by atoms with van der Waals surface area (Å²) in [6, 6.07) is 5.14. The van der Waals surface area contributed by atoms with Gasteiger partial charge in [0.2, 0.25) is 0 Å². The fourth-order valence-electron chi connectivity index (χ4n) is 1.67. The van der Waals surface area contributed by atoms with E-state index in [0.29, 0.717) is 12.2 Å². The number of benzene rings is 1. The van der Waals surface area contributed by atoms with Gasteiger partial charge in [-0.15, -0.1) is 0 Å². The van der Waals surface area contributed by atoms with Crippen LogP contribution in [0.15, 0.2) is 16.6 Å². The van der Waals surface area contributed by atoms with Crippen LogP contribution < -0.4 is 11.1 Å². The molecule has 0 aliphatic heterocycles. The third-order valence-electron chi connectivity index (χ3n) is 2.75. The van der Waals surface area contributed by atoms with Crippen LogP contribution in [0.1, 0.15) is 31.7 Å². The Morgan fingerprint density at radius 2 is 2.28 bits per heavy atom. The summed E-state index contributed by atoms with van der Waals surface area (Å²) in [4.78, 5) is 0. The Labute approximate surface area is 115 Å². The van der Waals surface area contributed by atoms with Crippen molar-refractivity contribution in [3.63, 3.8) is 0 Å².